The van der Waals surface area contributed by atoms with Gasteiger partial charge in [-0.3, -0.25) is 0 Å². The molecule has 3 N–H and O–H groups in total. The van der Waals surface area contributed by atoms with Crippen LogP contribution in [0.5, 0.6) is 0 Å². The predicted molar refractivity (Wildman–Crippen MR) is 111 cm³/mol. The summed E-state index contributed by atoms with van der Waals surface area (Å²) in [4.78, 5) is 13.0. The van der Waals surface area contributed by atoms with Gasteiger partial charge in [0, 0.05) is 43.9 Å². The lowest BCUT2D eigenvalue weighted by molar-refractivity contribution is 0.521. The minimum atomic E-state index is -3.62. The highest BCUT2D eigenvalue weighted by Crippen LogP contribution is 2.20. The van der Waals surface area contributed by atoms with Crippen LogP contribution < -0.4 is 15.4 Å². The summed E-state index contributed by atoms with van der Waals surface area (Å²) in [5, 5.41) is 6.16. The number of aromatic nitrogens is 3. The molecule has 154 valence electrons. The second kappa shape index (κ2) is 9.01. The molecule has 3 aromatic rings. The molecule has 0 saturated carbocycles. The number of aryl methyl sites for hydroxylation is 2. The smallest absolute Gasteiger partial charge is 0.240 e. The molecule has 9 nitrogen and oxygen atoms in total. The van der Waals surface area contributed by atoms with Gasteiger partial charge >= 0.3 is 0 Å². The fourth-order valence-electron chi connectivity index (χ4n) is 2.66. The van der Waals surface area contributed by atoms with Gasteiger partial charge in [-0.25, -0.2) is 23.1 Å². The molecule has 0 unspecified atom stereocenters. The Morgan fingerprint density at radius 2 is 1.76 bits per heavy atom. The summed E-state index contributed by atoms with van der Waals surface area (Å²) in [6, 6.07) is 8.34. The highest BCUT2D eigenvalue weighted by Gasteiger charge is 2.14. The van der Waals surface area contributed by atoms with Gasteiger partial charge in [-0.05, 0) is 26.0 Å². The molecule has 10 heteroatoms. The molecule has 0 fully saturated rings. The van der Waals surface area contributed by atoms with Crippen molar-refractivity contribution in [3.63, 3.8) is 0 Å². The van der Waals surface area contributed by atoms with E-state index in [1.54, 1.807) is 31.2 Å². The molecule has 0 aliphatic heterocycles. The molecular formula is C19H24N6O3S. The molecule has 0 aliphatic rings. The Morgan fingerprint density at radius 3 is 2.41 bits per heavy atom. The van der Waals surface area contributed by atoms with Crippen molar-refractivity contribution in [1.82, 2.24) is 19.7 Å². The van der Waals surface area contributed by atoms with Crippen LogP contribution in [0.2, 0.25) is 0 Å². The molecule has 2 aromatic heterocycles. The summed E-state index contributed by atoms with van der Waals surface area (Å²) in [6.07, 6.45) is 1.54. The average molecular weight is 417 g/mol. The highest BCUT2D eigenvalue weighted by molar-refractivity contribution is 7.89. The predicted octanol–water partition coefficient (Wildman–Crippen LogP) is 2.57. The maximum atomic E-state index is 12.5. The van der Waals surface area contributed by atoms with Crippen molar-refractivity contribution in [3.05, 3.63) is 48.2 Å². The topological polar surface area (TPSA) is 122 Å². The average Bonchev–Trinajstić information content (AvgIpc) is 3.12. The fraction of sp³-hybridized carbons (Fsp3) is 0.316. The minimum Gasteiger partial charge on any atom is -0.449 e. The Labute approximate surface area is 170 Å². The van der Waals surface area contributed by atoms with E-state index in [0.717, 1.165) is 23.6 Å². The van der Waals surface area contributed by atoms with Crippen LogP contribution in [0.25, 0.3) is 11.3 Å². The van der Waals surface area contributed by atoms with Crippen molar-refractivity contribution < 1.29 is 12.8 Å². The number of hydrogen-bond donors (Lipinski definition) is 3. The van der Waals surface area contributed by atoms with Crippen LogP contribution in [0.4, 0.5) is 11.8 Å². The first-order chi connectivity index (χ1) is 13.9. The Balaban J connectivity index is 1.56. The van der Waals surface area contributed by atoms with Crippen LogP contribution in [0.1, 0.15) is 18.5 Å². The molecule has 0 spiro atoms. The number of hydrogen-bond acceptors (Lipinski definition) is 8. The summed E-state index contributed by atoms with van der Waals surface area (Å²) in [7, 11) is -3.62. The first kappa shape index (κ1) is 20.7. The normalized spacial score (nSPS) is 11.4. The number of nitrogens with one attached hydrogen (secondary N) is 3. The van der Waals surface area contributed by atoms with Gasteiger partial charge in [-0.1, -0.05) is 12.1 Å². The van der Waals surface area contributed by atoms with Crippen molar-refractivity contribution in [2.24, 2.45) is 0 Å². The lowest BCUT2D eigenvalue weighted by atomic mass is 10.2. The Kier molecular flexibility index (Phi) is 6.45. The molecule has 0 bridgehead atoms. The molecule has 29 heavy (non-hydrogen) atoms. The van der Waals surface area contributed by atoms with E-state index in [1.807, 2.05) is 19.9 Å². The Hall–Kier alpha value is -2.98. The number of nitrogens with zero attached hydrogens (tertiary/aromatic N) is 3. The summed E-state index contributed by atoms with van der Waals surface area (Å²) < 4.78 is 32.7. The summed E-state index contributed by atoms with van der Waals surface area (Å²) >= 11 is 0. The van der Waals surface area contributed by atoms with Crippen molar-refractivity contribution in [3.8, 4) is 11.3 Å². The van der Waals surface area contributed by atoms with E-state index in [9.17, 15) is 8.42 Å². The van der Waals surface area contributed by atoms with Crippen LogP contribution >= 0.6 is 0 Å². The molecule has 0 saturated heterocycles. The molecule has 0 atom stereocenters. The van der Waals surface area contributed by atoms with Gasteiger partial charge in [-0.15, -0.1) is 0 Å². The summed E-state index contributed by atoms with van der Waals surface area (Å²) in [5.41, 5.74) is 2.27. The van der Waals surface area contributed by atoms with E-state index in [-0.39, 0.29) is 11.4 Å². The van der Waals surface area contributed by atoms with E-state index in [1.165, 1.54) is 6.26 Å². The first-order valence-corrected chi connectivity index (χ1v) is 10.7. The molecule has 1 aromatic carbocycles. The molecule has 0 amide bonds. The number of anilines is 2. The van der Waals surface area contributed by atoms with Crippen molar-refractivity contribution in [1.29, 1.82) is 0 Å². The van der Waals surface area contributed by atoms with Crippen molar-refractivity contribution in [2.45, 2.75) is 25.7 Å². The zero-order valence-electron chi connectivity index (χ0n) is 16.6. The van der Waals surface area contributed by atoms with Crippen LogP contribution in [0, 0.1) is 13.8 Å². The molecule has 2 heterocycles. The summed E-state index contributed by atoms with van der Waals surface area (Å²) in [6.45, 7) is 6.91. The highest BCUT2D eigenvalue weighted by atomic mass is 32.2. The monoisotopic (exact) mass is 416 g/mol. The SMILES string of the molecule is CCNc1cc(C)nc(NCCNS(=O)(=O)c2ccc(-c3coc(C)n3)cc2)n1. The van der Waals surface area contributed by atoms with E-state index in [4.69, 9.17) is 4.42 Å². The molecular weight excluding hydrogens is 392 g/mol. The number of benzene rings is 1. The summed E-state index contributed by atoms with van der Waals surface area (Å²) in [5.74, 6) is 1.74. The third kappa shape index (κ3) is 5.52. The van der Waals surface area contributed by atoms with E-state index >= 15 is 0 Å². The maximum absolute atomic E-state index is 12.5. The number of rotatable bonds is 9. The van der Waals surface area contributed by atoms with Crippen LogP contribution in [0.3, 0.4) is 0 Å². The van der Waals surface area contributed by atoms with E-state index < -0.39 is 10.0 Å². The third-order valence-corrected chi connectivity index (χ3v) is 5.47. The van der Waals surface area contributed by atoms with Crippen molar-refractivity contribution >= 4 is 21.8 Å². The van der Waals surface area contributed by atoms with Gasteiger partial charge in [0.05, 0.1) is 4.90 Å². The third-order valence-electron chi connectivity index (χ3n) is 3.99. The first-order valence-electron chi connectivity index (χ1n) is 9.23. The lowest BCUT2D eigenvalue weighted by Crippen LogP contribution is -2.29. The van der Waals surface area contributed by atoms with Crippen LogP contribution in [-0.4, -0.2) is 43.0 Å². The van der Waals surface area contributed by atoms with Crippen LogP contribution in [0.15, 0.2) is 45.9 Å². The van der Waals surface area contributed by atoms with Gasteiger partial charge in [-0.2, -0.15) is 4.98 Å². The van der Waals surface area contributed by atoms with E-state index in [0.29, 0.717) is 24.1 Å². The molecule has 0 aliphatic carbocycles. The Bertz CT molecular complexity index is 1060. The second-order valence-corrected chi connectivity index (χ2v) is 8.12. The van der Waals surface area contributed by atoms with Gasteiger partial charge < -0.3 is 15.1 Å². The van der Waals surface area contributed by atoms with Gasteiger partial charge in [0.25, 0.3) is 0 Å². The number of oxazole rings is 1. The van der Waals surface area contributed by atoms with Crippen molar-refractivity contribution in [2.75, 3.05) is 30.3 Å². The second-order valence-electron chi connectivity index (χ2n) is 6.35. The largest absolute Gasteiger partial charge is 0.449 e. The Morgan fingerprint density at radius 1 is 1.00 bits per heavy atom. The van der Waals surface area contributed by atoms with Crippen LogP contribution in [-0.2, 0) is 10.0 Å². The molecule has 3 rings (SSSR count). The zero-order chi connectivity index (χ0) is 20.9. The lowest BCUT2D eigenvalue weighted by Gasteiger charge is -2.10. The minimum absolute atomic E-state index is 0.183. The molecule has 0 radical (unpaired) electrons. The van der Waals surface area contributed by atoms with Gasteiger partial charge in [0.2, 0.25) is 16.0 Å². The standard InChI is InChI=1S/C19H24N6O3S/c1-4-20-18-11-13(2)23-19(25-18)21-9-10-22-29(26,27)16-7-5-15(6-8-16)17-12-28-14(3)24-17/h5-8,11-12,22H,4,9-10H2,1-3H3,(H2,20,21,23,25). The quantitative estimate of drug-likeness (QED) is 0.455. The van der Waals surface area contributed by atoms with Gasteiger partial charge in [0.15, 0.2) is 5.89 Å². The zero-order valence-corrected chi connectivity index (χ0v) is 17.4. The number of sulfonamides is 1. The fourth-order valence-corrected chi connectivity index (χ4v) is 3.70. The van der Waals surface area contributed by atoms with E-state index in [2.05, 4.69) is 30.3 Å². The maximum Gasteiger partial charge on any atom is 0.240 e. The van der Waals surface area contributed by atoms with Gasteiger partial charge in [0.1, 0.15) is 17.8 Å².